The van der Waals surface area contributed by atoms with Crippen LogP contribution in [0.4, 0.5) is 0 Å². The number of nitrogens with zero attached hydrogens (tertiary/aromatic N) is 1. The number of rotatable bonds is 7. The summed E-state index contributed by atoms with van der Waals surface area (Å²) in [4.78, 5) is 24.2. The lowest BCUT2D eigenvalue weighted by atomic mass is 10.2. The summed E-state index contributed by atoms with van der Waals surface area (Å²) in [7, 11) is 1.56. The van der Waals surface area contributed by atoms with Crippen LogP contribution in [0.3, 0.4) is 0 Å². The van der Waals surface area contributed by atoms with E-state index in [4.69, 9.17) is 4.74 Å². The zero-order chi connectivity index (χ0) is 17.2. The quantitative estimate of drug-likeness (QED) is 0.459. The van der Waals surface area contributed by atoms with Crippen LogP contribution in [0.5, 0.6) is 5.75 Å². The van der Waals surface area contributed by atoms with E-state index in [0.29, 0.717) is 5.75 Å². The third kappa shape index (κ3) is 5.69. The Morgan fingerprint density at radius 2 is 2.08 bits per heavy atom. The number of para-hydroxylation sites is 1. The molecule has 0 bridgehead atoms. The average Bonchev–Trinajstić information content (AvgIpc) is 3.11. The molecule has 0 fully saturated rings. The van der Waals surface area contributed by atoms with E-state index >= 15 is 0 Å². The van der Waals surface area contributed by atoms with Crippen molar-refractivity contribution in [1.82, 2.24) is 10.7 Å². The molecule has 24 heavy (non-hydrogen) atoms. The summed E-state index contributed by atoms with van der Waals surface area (Å²) in [6.45, 7) is -0.156. The minimum Gasteiger partial charge on any atom is -0.496 e. The van der Waals surface area contributed by atoms with E-state index < -0.39 is 5.91 Å². The highest BCUT2D eigenvalue weighted by Crippen LogP contribution is 2.18. The van der Waals surface area contributed by atoms with Gasteiger partial charge in [-0.25, -0.2) is 5.43 Å². The molecule has 7 heteroatoms. The fourth-order valence-corrected chi connectivity index (χ4v) is 2.35. The van der Waals surface area contributed by atoms with Gasteiger partial charge in [-0.05, 0) is 23.6 Å². The zero-order valence-corrected chi connectivity index (χ0v) is 13.9. The normalized spacial score (nSPS) is 10.9. The van der Waals surface area contributed by atoms with Gasteiger partial charge in [0.1, 0.15) is 5.75 Å². The van der Waals surface area contributed by atoms with Gasteiger partial charge in [-0.3, -0.25) is 9.59 Å². The Morgan fingerprint density at radius 1 is 1.25 bits per heavy atom. The van der Waals surface area contributed by atoms with E-state index in [1.165, 1.54) is 17.4 Å². The van der Waals surface area contributed by atoms with Crippen molar-refractivity contribution in [2.24, 2.45) is 5.10 Å². The van der Waals surface area contributed by atoms with Crippen LogP contribution in [0.1, 0.15) is 10.4 Å². The molecule has 0 unspecified atom stereocenters. The summed E-state index contributed by atoms with van der Waals surface area (Å²) >= 11 is 1.51. The van der Waals surface area contributed by atoms with E-state index in [2.05, 4.69) is 15.8 Å². The second-order valence-corrected chi connectivity index (χ2v) is 5.58. The largest absolute Gasteiger partial charge is 0.496 e. The summed E-state index contributed by atoms with van der Waals surface area (Å²) in [5, 5.41) is 8.21. The van der Waals surface area contributed by atoms with Crippen molar-refractivity contribution in [3.05, 3.63) is 58.3 Å². The SMILES string of the molecule is COc1ccccc1/C=C/C(=O)NCC(=O)N/N=C\c1cccs1. The molecule has 1 aromatic carbocycles. The molecule has 0 atom stereocenters. The third-order valence-electron chi connectivity index (χ3n) is 2.90. The lowest BCUT2D eigenvalue weighted by Gasteiger charge is -2.03. The lowest BCUT2D eigenvalue weighted by molar-refractivity contribution is -0.123. The minimum absolute atomic E-state index is 0.156. The Kier molecular flexibility index (Phi) is 6.73. The van der Waals surface area contributed by atoms with E-state index in [1.807, 2.05) is 35.7 Å². The van der Waals surface area contributed by atoms with Crippen LogP contribution >= 0.6 is 11.3 Å². The smallest absolute Gasteiger partial charge is 0.259 e. The Morgan fingerprint density at radius 3 is 2.83 bits per heavy atom. The van der Waals surface area contributed by atoms with Gasteiger partial charge in [0.2, 0.25) is 5.91 Å². The van der Waals surface area contributed by atoms with E-state index in [1.54, 1.807) is 25.5 Å². The Hall–Kier alpha value is -2.93. The van der Waals surface area contributed by atoms with Crippen molar-refractivity contribution >= 4 is 35.4 Å². The van der Waals surface area contributed by atoms with Gasteiger partial charge in [-0.2, -0.15) is 5.10 Å². The summed E-state index contributed by atoms with van der Waals surface area (Å²) in [5.74, 6) is -0.109. The number of hydrogen-bond acceptors (Lipinski definition) is 5. The van der Waals surface area contributed by atoms with Crippen molar-refractivity contribution in [3.8, 4) is 5.75 Å². The Balaban J connectivity index is 1.76. The molecule has 0 aliphatic heterocycles. The lowest BCUT2D eigenvalue weighted by Crippen LogP contribution is -2.34. The number of thiophene rings is 1. The van der Waals surface area contributed by atoms with Gasteiger partial charge in [0.15, 0.2) is 0 Å². The predicted octanol–water partition coefficient (Wildman–Crippen LogP) is 2.04. The van der Waals surface area contributed by atoms with Crippen molar-refractivity contribution in [1.29, 1.82) is 0 Å². The van der Waals surface area contributed by atoms with Crippen LogP contribution in [-0.2, 0) is 9.59 Å². The molecule has 2 amide bonds. The third-order valence-corrected chi connectivity index (χ3v) is 3.71. The van der Waals surface area contributed by atoms with Crippen molar-refractivity contribution in [3.63, 3.8) is 0 Å². The number of hydrazone groups is 1. The van der Waals surface area contributed by atoms with E-state index in [0.717, 1.165) is 10.4 Å². The molecule has 1 heterocycles. The highest BCUT2D eigenvalue weighted by Gasteiger charge is 2.03. The molecular formula is C17H17N3O3S. The summed E-state index contributed by atoms with van der Waals surface area (Å²) < 4.78 is 5.19. The molecule has 0 aliphatic rings. The van der Waals surface area contributed by atoms with Crippen molar-refractivity contribution in [2.75, 3.05) is 13.7 Å². The molecule has 124 valence electrons. The second-order valence-electron chi connectivity index (χ2n) is 4.60. The fourth-order valence-electron chi connectivity index (χ4n) is 1.77. The highest BCUT2D eigenvalue weighted by atomic mass is 32.1. The molecule has 6 nitrogen and oxygen atoms in total. The first-order valence-electron chi connectivity index (χ1n) is 7.13. The maximum atomic E-state index is 11.7. The van der Waals surface area contributed by atoms with E-state index in [-0.39, 0.29) is 12.5 Å². The van der Waals surface area contributed by atoms with Crippen molar-refractivity contribution in [2.45, 2.75) is 0 Å². The first-order chi connectivity index (χ1) is 11.7. The zero-order valence-electron chi connectivity index (χ0n) is 13.1. The van der Waals surface area contributed by atoms with Gasteiger partial charge in [0.25, 0.3) is 5.91 Å². The van der Waals surface area contributed by atoms with Crippen LogP contribution in [0.25, 0.3) is 6.08 Å². The Labute approximate surface area is 143 Å². The monoisotopic (exact) mass is 343 g/mol. The minimum atomic E-state index is -0.401. The number of amides is 2. The number of carbonyl (C=O) groups is 2. The molecule has 2 rings (SSSR count). The highest BCUT2D eigenvalue weighted by molar-refractivity contribution is 7.11. The number of methoxy groups -OCH3 is 1. The number of ether oxygens (including phenoxy) is 1. The number of hydrogen-bond donors (Lipinski definition) is 2. The number of carbonyl (C=O) groups excluding carboxylic acids is 2. The van der Waals surface area contributed by atoms with Crippen LogP contribution in [0.15, 0.2) is 53.0 Å². The Bertz CT molecular complexity index is 739. The predicted molar refractivity (Wildman–Crippen MR) is 95.1 cm³/mol. The molecule has 0 spiro atoms. The van der Waals surface area contributed by atoms with E-state index in [9.17, 15) is 9.59 Å². The van der Waals surface area contributed by atoms with Crippen molar-refractivity contribution < 1.29 is 14.3 Å². The number of benzene rings is 1. The maximum Gasteiger partial charge on any atom is 0.259 e. The topological polar surface area (TPSA) is 79.8 Å². The van der Waals surface area contributed by atoms with Crippen LogP contribution in [0.2, 0.25) is 0 Å². The summed E-state index contributed by atoms with van der Waals surface area (Å²) in [6, 6.07) is 11.1. The average molecular weight is 343 g/mol. The molecule has 0 radical (unpaired) electrons. The summed E-state index contributed by atoms with van der Waals surface area (Å²) in [5.41, 5.74) is 3.12. The van der Waals surface area contributed by atoms with Gasteiger partial charge in [0, 0.05) is 16.5 Å². The second kappa shape index (κ2) is 9.26. The molecule has 2 N–H and O–H groups in total. The van der Waals surface area contributed by atoms with Gasteiger partial charge < -0.3 is 10.1 Å². The van der Waals surface area contributed by atoms with Gasteiger partial charge in [0.05, 0.1) is 19.9 Å². The van der Waals surface area contributed by atoms with Crippen LogP contribution < -0.4 is 15.5 Å². The van der Waals surface area contributed by atoms with Gasteiger partial charge in [-0.1, -0.05) is 24.3 Å². The van der Waals surface area contributed by atoms with Gasteiger partial charge in [-0.15, -0.1) is 11.3 Å². The first kappa shape index (κ1) is 17.4. The molecule has 2 aromatic rings. The molecule has 0 aliphatic carbocycles. The van der Waals surface area contributed by atoms with Gasteiger partial charge >= 0.3 is 0 Å². The molecule has 1 aromatic heterocycles. The first-order valence-corrected chi connectivity index (χ1v) is 8.01. The molecule has 0 saturated carbocycles. The van der Waals surface area contributed by atoms with Crippen LogP contribution in [-0.4, -0.2) is 31.7 Å². The standard InChI is InChI=1S/C17H17N3O3S/c1-23-15-7-3-2-5-13(15)8-9-16(21)18-12-17(22)20-19-11-14-6-4-10-24-14/h2-11H,12H2,1H3,(H,18,21)(H,20,22)/b9-8+,19-11-. The maximum absolute atomic E-state index is 11.7. The molecule has 0 saturated heterocycles. The van der Waals surface area contributed by atoms with Crippen LogP contribution in [0, 0.1) is 0 Å². The number of nitrogens with one attached hydrogen (secondary N) is 2. The molecular weight excluding hydrogens is 326 g/mol. The summed E-state index contributed by atoms with van der Waals surface area (Å²) in [6.07, 6.45) is 4.52. The fraction of sp³-hybridized carbons (Fsp3) is 0.118.